The highest BCUT2D eigenvalue weighted by Gasteiger charge is 2.22. The van der Waals surface area contributed by atoms with Crippen molar-refractivity contribution in [2.24, 2.45) is 0 Å². The Hall–Kier alpha value is -3.96. The topological polar surface area (TPSA) is 109 Å². The SMILES string of the molecule is COc1cc(Cc2nccn2C(c2cc[nH]c(=O)c2)c2cncc(Cl)n2)ccc1C#N. The van der Waals surface area contributed by atoms with Gasteiger partial charge in [0.25, 0.3) is 0 Å². The fourth-order valence-electron chi connectivity index (χ4n) is 3.43. The van der Waals surface area contributed by atoms with Gasteiger partial charge in [-0.05, 0) is 29.3 Å². The van der Waals surface area contributed by atoms with E-state index in [1.54, 1.807) is 24.7 Å². The van der Waals surface area contributed by atoms with Crippen LogP contribution >= 0.6 is 11.6 Å². The first-order valence-electron chi connectivity index (χ1n) is 9.34. The van der Waals surface area contributed by atoms with Crippen LogP contribution in [0.25, 0.3) is 0 Å². The molecule has 4 aromatic rings. The molecule has 1 aromatic carbocycles. The van der Waals surface area contributed by atoms with Crippen LogP contribution in [0.4, 0.5) is 0 Å². The summed E-state index contributed by atoms with van der Waals surface area (Å²) < 4.78 is 7.25. The standard InChI is InChI=1S/C22H17ClN6O2/c1-31-18-8-14(2-3-16(18)11-24)9-20-26-6-7-29(20)22(15-4-5-27-21(30)10-15)17-12-25-13-19(23)28-17/h2-8,10,12-13,22H,9H2,1H3,(H,27,30). The largest absolute Gasteiger partial charge is 0.495 e. The summed E-state index contributed by atoms with van der Waals surface area (Å²) in [4.78, 5) is 27.7. The maximum absolute atomic E-state index is 12.0. The monoisotopic (exact) mass is 432 g/mol. The number of benzene rings is 1. The second-order valence-electron chi connectivity index (χ2n) is 6.73. The number of imidazole rings is 1. The average Bonchev–Trinajstić information content (AvgIpc) is 3.21. The highest BCUT2D eigenvalue weighted by molar-refractivity contribution is 6.29. The van der Waals surface area contributed by atoms with Crippen molar-refractivity contribution in [2.45, 2.75) is 12.5 Å². The van der Waals surface area contributed by atoms with Crippen LogP contribution in [0, 0.1) is 11.3 Å². The summed E-state index contributed by atoms with van der Waals surface area (Å²) in [6, 6.07) is 10.4. The highest BCUT2D eigenvalue weighted by atomic mass is 35.5. The summed E-state index contributed by atoms with van der Waals surface area (Å²) >= 11 is 6.09. The first kappa shape index (κ1) is 20.3. The van der Waals surface area contributed by atoms with E-state index in [1.807, 2.05) is 29.0 Å². The summed E-state index contributed by atoms with van der Waals surface area (Å²) in [5.74, 6) is 1.24. The van der Waals surface area contributed by atoms with Gasteiger partial charge in [-0.25, -0.2) is 9.97 Å². The zero-order valence-electron chi connectivity index (χ0n) is 16.5. The van der Waals surface area contributed by atoms with Crippen molar-refractivity contribution in [2.75, 3.05) is 7.11 Å². The number of aromatic nitrogens is 5. The molecule has 0 aliphatic carbocycles. The van der Waals surface area contributed by atoms with Gasteiger partial charge in [0.05, 0.1) is 30.8 Å². The Labute approximate surface area is 182 Å². The van der Waals surface area contributed by atoms with Gasteiger partial charge in [-0.1, -0.05) is 17.7 Å². The van der Waals surface area contributed by atoms with Gasteiger partial charge in [-0.2, -0.15) is 5.26 Å². The Kier molecular flexibility index (Phi) is 5.78. The van der Waals surface area contributed by atoms with Crippen LogP contribution in [0.1, 0.15) is 34.3 Å². The quantitative estimate of drug-likeness (QED) is 0.501. The third-order valence-corrected chi connectivity index (χ3v) is 4.98. The van der Waals surface area contributed by atoms with Crippen molar-refractivity contribution in [1.82, 2.24) is 24.5 Å². The highest BCUT2D eigenvalue weighted by Crippen LogP contribution is 2.28. The van der Waals surface area contributed by atoms with Gasteiger partial charge in [0.15, 0.2) is 0 Å². The molecule has 0 fully saturated rings. The summed E-state index contributed by atoms with van der Waals surface area (Å²) in [6.07, 6.45) is 8.65. The first-order chi connectivity index (χ1) is 15.1. The van der Waals surface area contributed by atoms with Gasteiger partial charge in [0.2, 0.25) is 5.56 Å². The molecular weight excluding hydrogens is 416 g/mol. The number of pyridine rings is 1. The van der Waals surface area contributed by atoms with Crippen molar-refractivity contribution in [3.8, 4) is 11.8 Å². The number of methoxy groups -OCH3 is 1. The van der Waals surface area contributed by atoms with E-state index in [1.165, 1.54) is 19.4 Å². The van der Waals surface area contributed by atoms with E-state index < -0.39 is 6.04 Å². The van der Waals surface area contributed by atoms with Crippen LogP contribution < -0.4 is 10.3 Å². The Morgan fingerprint density at radius 3 is 2.90 bits per heavy atom. The Morgan fingerprint density at radius 1 is 1.29 bits per heavy atom. The number of halogens is 1. The molecule has 31 heavy (non-hydrogen) atoms. The smallest absolute Gasteiger partial charge is 0.248 e. The molecular formula is C22H17ClN6O2. The van der Waals surface area contributed by atoms with E-state index in [0.717, 1.165) is 17.0 Å². The minimum absolute atomic E-state index is 0.226. The summed E-state index contributed by atoms with van der Waals surface area (Å²) in [7, 11) is 1.53. The molecule has 3 heterocycles. The molecule has 4 rings (SSSR count). The molecule has 0 saturated heterocycles. The number of H-pyrrole nitrogens is 1. The second kappa shape index (κ2) is 8.81. The minimum atomic E-state index is -0.453. The third-order valence-electron chi connectivity index (χ3n) is 4.79. The zero-order valence-corrected chi connectivity index (χ0v) is 17.2. The molecule has 1 unspecified atom stereocenters. The van der Waals surface area contributed by atoms with Crippen LogP contribution in [0.15, 0.2) is 66.1 Å². The van der Waals surface area contributed by atoms with Crippen LogP contribution in [0.3, 0.4) is 0 Å². The molecule has 0 saturated carbocycles. The van der Waals surface area contributed by atoms with Crippen molar-refractivity contribution < 1.29 is 4.74 Å². The Balaban J connectivity index is 1.79. The first-order valence-corrected chi connectivity index (χ1v) is 9.71. The van der Waals surface area contributed by atoms with Crippen molar-refractivity contribution in [3.05, 3.63) is 105 Å². The average molecular weight is 433 g/mol. The van der Waals surface area contributed by atoms with Gasteiger partial charge in [0.1, 0.15) is 28.8 Å². The number of aromatic amines is 1. The molecule has 3 aromatic heterocycles. The normalized spacial score (nSPS) is 11.6. The van der Waals surface area contributed by atoms with Gasteiger partial charge >= 0.3 is 0 Å². The third kappa shape index (κ3) is 4.32. The van der Waals surface area contributed by atoms with E-state index in [0.29, 0.717) is 23.4 Å². The maximum atomic E-state index is 12.0. The molecule has 0 spiro atoms. The maximum Gasteiger partial charge on any atom is 0.248 e. The van der Waals surface area contributed by atoms with E-state index >= 15 is 0 Å². The number of ether oxygens (including phenoxy) is 1. The Morgan fingerprint density at radius 2 is 2.16 bits per heavy atom. The zero-order chi connectivity index (χ0) is 21.8. The predicted octanol–water partition coefficient (Wildman–Crippen LogP) is 3.12. The fraction of sp³-hybridized carbons (Fsp3) is 0.136. The number of nitrogens with zero attached hydrogens (tertiary/aromatic N) is 5. The summed E-state index contributed by atoms with van der Waals surface area (Å²) in [5.41, 5.74) is 2.46. The van der Waals surface area contributed by atoms with E-state index in [9.17, 15) is 10.1 Å². The van der Waals surface area contributed by atoms with Crippen LogP contribution in [0.2, 0.25) is 5.15 Å². The number of nitriles is 1. The molecule has 0 aliphatic heterocycles. The van der Waals surface area contributed by atoms with Gasteiger partial charge in [-0.3, -0.25) is 9.78 Å². The predicted molar refractivity (Wildman–Crippen MR) is 114 cm³/mol. The minimum Gasteiger partial charge on any atom is -0.495 e. The van der Waals surface area contributed by atoms with E-state index in [2.05, 4.69) is 26.0 Å². The summed E-state index contributed by atoms with van der Waals surface area (Å²) in [5, 5.41) is 9.47. The molecule has 154 valence electrons. The van der Waals surface area contributed by atoms with E-state index in [4.69, 9.17) is 16.3 Å². The summed E-state index contributed by atoms with van der Waals surface area (Å²) in [6.45, 7) is 0. The Bertz CT molecular complexity index is 1320. The molecule has 1 atom stereocenters. The second-order valence-corrected chi connectivity index (χ2v) is 7.12. The number of hydrogen-bond acceptors (Lipinski definition) is 6. The van der Waals surface area contributed by atoms with Gasteiger partial charge < -0.3 is 14.3 Å². The molecule has 0 aliphatic rings. The molecule has 0 amide bonds. The van der Waals surface area contributed by atoms with Crippen LogP contribution in [-0.4, -0.2) is 31.6 Å². The van der Waals surface area contributed by atoms with Crippen LogP contribution in [-0.2, 0) is 6.42 Å². The molecule has 8 nitrogen and oxygen atoms in total. The van der Waals surface area contributed by atoms with Gasteiger partial charge in [0, 0.05) is 31.1 Å². The van der Waals surface area contributed by atoms with Crippen molar-refractivity contribution in [3.63, 3.8) is 0 Å². The number of nitrogens with one attached hydrogen (secondary N) is 1. The molecule has 9 heteroatoms. The molecule has 0 bridgehead atoms. The fourth-order valence-corrected chi connectivity index (χ4v) is 3.58. The lowest BCUT2D eigenvalue weighted by Gasteiger charge is -2.21. The molecule has 1 N–H and O–H groups in total. The van der Waals surface area contributed by atoms with Gasteiger partial charge in [-0.15, -0.1) is 0 Å². The lowest BCUT2D eigenvalue weighted by Crippen LogP contribution is -2.19. The molecule has 0 radical (unpaired) electrons. The van der Waals surface area contributed by atoms with E-state index in [-0.39, 0.29) is 10.7 Å². The number of rotatable bonds is 6. The van der Waals surface area contributed by atoms with Crippen molar-refractivity contribution in [1.29, 1.82) is 5.26 Å². The lowest BCUT2D eigenvalue weighted by molar-refractivity contribution is 0.413. The lowest BCUT2D eigenvalue weighted by atomic mass is 10.0. The number of hydrogen-bond donors (Lipinski definition) is 1. The van der Waals surface area contributed by atoms with Crippen molar-refractivity contribution >= 4 is 11.6 Å². The van der Waals surface area contributed by atoms with Crippen LogP contribution in [0.5, 0.6) is 5.75 Å².